The highest BCUT2D eigenvalue weighted by molar-refractivity contribution is 7.99. The zero-order chi connectivity index (χ0) is 40.5. The third-order valence-electron chi connectivity index (χ3n) is 11.5. The number of carbonyl (C=O) groups is 4. The highest BCUT2D eigenvalue weighted by Crippen LogP contribution is 2.40. The van der Waals surface area contributed by atoms with Crippen LogP contribution in [-0.2, 0) is 32.0 Å². The summed E-state index contributed by atoms with van der Waals surface area (Å²) in [6.45, 7) is 6.53. The predicted octanol–water partition coefficient (Wildman–Crippen LogP) is 8.11. The Hall–Kier alpha value is -4.58. The van der Waals surface area contributed by atoms with Gasteiger partial charge in [-0.2, -0.15) is 13.2 Å². The van der Waals surface area contributed by atoms with Gasteiger partial charge < -0.3 is 20.4 Å². The standard InChI is InChI=1S/C45H53F3N4O4S/c1-30(2)35-18-9-10-20-38(35)51-26-12-11-19-36(43(51)55)49-41(53)33(28-31-14-5-3-6-15-31)23-24-34(29-32-16-7-4-8-17-32)42(54)50-37-25-27-57-40-22-13-21-39(45(46,47)48)52(40)44(37)56/h3-10,14-18,20,33-34,36-37,39-40H,1,11-13,19,21-29H2,2H3,(H,49,53)(H,50,54)/t33?,34-,36?,37?,39?,40+/m1/s1. The number of halogens is 3. The Bertz CT molecular complexity index is 1880. The Morgan fingerprint density at radius 1 is 0.754 bits per heavy atom. The first-order valence-corrected chi connectivity index (χ1v) is 21.2. The van der Waals surface area contributed by atoms with E-state index in [0.717, 1.165) is 45.7 Å². The van der Waals surface area contributed by atoms with Gasteiger partial charge in [-0.15, -0.1) is 11.8 Å². The molecule has 0 saturated carbocycles. The average Bonchev–Trinajstić information content (AvgIpc) is 3.48. The minimum absolute atomic E-state index is 0.152. The molecule has 0 radical (unpaired) electrons. The first-order chi connectivity index (χ1) is 27.4. The Labute approximate surface area is 338 Å². The lowest BCUT2D eigenvalue weighted by Crippen LogP contribution is -2.59. The van der Waals surface area contributed by atoms with Gasteiger partial charge in [-0.1, -0.05) is 85.4 Å². The molecule has 57 heavy (non-hydrogen) atoms. The van der Waals surface area contributed by atoms with Gasteiger partial charge in [-0.3, -0.25) is 19.2 Å². The second-order valence-corrected chi connectivity index (χ2v) is 16.9. The Morgan fingerprint density at radius 2 is 1.32 bits per heavy atom. The zero-order valence-corrected chi connectivity index (χ0v) is 33.3. The molecule has 3 aliphatic rings. The van der Waals surface area contributed by atoms with Crippen molar-refractivity contribution in [3.05, 3.63) is 108 Å². The van der Waals surface area contributed by atoms with Crippen LogP contribution in [0, 0.1) is 11.8 Å². The third-order valence-corrected chi connectivity index (χ3v) is 12.8. The molecular weight excluding hydrogens is 750 g/mol. The number of nitrogens with one attached hydrogen (secondary N) is 2. The molecule has 6 rings (SSSR count). The summed E-state index contributed by atoms with van der Waals surface area (Å²) in [7, 11) is 0. The van der Waals surface area contributed by atoms with Gasteiger partial charge in [0, 0.05) is 23.9 Å². The first-order valence-electron chi connectivity index (χ1n) is 20.2. The second-order valence-electron chi connectivity index (χ2n) is 15.6. The minimum Gasteiger partial charge on any atom is -0.344 e. The molecule has 6 atom stereocenters. The second kappa shape index (κ2) is 19.2. The lowest BCUT2D eigenvalue weighted by Gasteiger charge is -2.42. The van der Waals surface area contributed by atoms with Crippen LogP contribution in [0.1, 0.15) is 81.4 Å². The number of rotatable bonds is 13. The summed E-state index contributed by atoms with van der Waals surface area (Å²) in [6.07, 6.45) is -0.318. The van der Waals surface area contributed by atoms with Gasteiger partial charge in [0.15, 0.2) is 0 Å². The number of amides is 4. The van der Waals surface area contributed by atoms with Crippen molar-refractivity contribution in [3.63, 3.8) is 0 Å². The molecule has 304 valence electrons. The van der Waals surface area contributed by atoms with Crippen molar-refractivity contribution in [2.24, 2.45) is 11.8 Å². The maximum atomic E-state index is 14.3. The Balaban J connectivity index is 1.21. The van der Waals surface area contributed by atoms with Gasteiger partial charge >= 0.3 is 6.18 Å². The highest BCUT2D eigenvalue weighted by Gasteiger charge is 2.51. The molecule has 8 nitrogen and oxygen atoms in total. The smallest absolute Gasteiger partial charge is 0.344 e. The van der Waals surface area contributed by atoms with E-state index in [2.05, 4.69) is 17.2 Å². The summed E-state index contributed by atoms with van der Waals surface area (Å²) in [4.78, 5) is 59.3. The van der Waals surface area contributed by atoms with Crippen LogP contribution in [0.5, 0.6) is 0 Å². The number of benzene rings is 3. The number of fused-ring (bicyclic) bond motifs is 1. The number of thioether (sulfide) groups is 1. The minimum atomic E-state index is -4.56. The number of alkyl halides is 3. The SMILES string of the molecule is C=C(C)c1ccccc1N1CCCCC(NC(=O)C(CC[C@H](Cc2ccccc2)C(=O)NC2CCS[C@H]3CCCC(C(F)(F)F)N3C2=O)Cc2ccccc2)C1=O. The molecule has 3 aliphatic heterocycles. The van der Waals surface area contributed by atoms with E-state index in [4.69, 9.17) is 0 Å². The molecule has 3 aromatic carbocycles. The van der Waals surface area contributed by atoms with E-state index in [0.29, 0.717) is 50.8 Å². The lowest BCUT2D eigenvalue weighted by molar-refractivity contribution is -0.198. The van der Waals surface area contributed by atoms with E-state index in [1.54, 1.807) is 4.90 Å². The quantitative estimate of drug-likeness (QED) is 0.182. The van der Waals surface area contributed by atoms with Crippen LogP contribution in [0.4, 0.5) is 18.9 Å². The lowest BCUT2D eigenvalue weighted by atomic mass is 9.86. The number of anilines is 1. The topological polar surface area (TPSA) is 98.8 Å². The molecule has 2 N–H and O–H groups in total. The van der Waals surface area contributed by atoms with Crippen molar-refractivity contribution in [1.82, 2.24) is 15.5 Å². The van der Waals surface area contributed by atoms with Crippen LogP contribution in [0.3, 0.4) is 0 Å². The normalized spacial score (nSPS) is 22.7. The maximum absolute atomic E-state index is 14.3. The van der Waals surface area contributed by atoms with E-state index in [9.17, 15) is 32.3 Å². The van der Waals surface area contributed by atoms with E-state index in [-0.39, 0.29) is 31.1 Å². The maximum Gasteiger partial charge on any atom is 0.408 e. The van der Waals surface area contributed by atoms with Crippen LogP contribution >= 0.6 is 11.8 Å². The Morgan fingerprint density at radius 3 is 1.89 bits per heavy atom. The molecular formula is C45H53F3N4O4S. The number of hydrogen-bond acceptors (Lipinski definition) is 5. The Kier molecular flexibility index (Phi) is 14.2. The monoisotopic (exact) mass is 802 g/mol. The van der Waals surface area contributed by atoms with E-state index in [1.807, 2.05) is 91.9 Å². The zero-order valence-electron chi connectivity index (χ0n) is 32.5. The fourth-order valence-electron chi connectivity index (χ4n) is 8.42. The largest absolute Gasteiger partial charge is 0.408 e. The van der Waals surface area contributed by atoms with Crippen LogP contribution in [0.2, 0.25) is 0 Å². The van der Waals surface area contributed by atoms with Gasteiger partial charge in [0.2, 0.25) is 23.6 Å². The van der Waals surface area contributed by atoms with Gasteiger partial charge in [0.05, 0.1) is 11.1 Å². The van der Waals surface area contributed by atoms with Crippen LogP contribution in [0.15, 0.2) is 91.5 Å². The van der Waals surface area contributed by atoms with Crippen molar-refractivity contribution in [3.8, 4) is 0 Å². The number of piperidine rings is 1. The fourth-order valence-corrected chi connectivity index (χ4v) is 9.81. The summed E-state index contributed by atoms with van der Waals surface area (Å²) < 4.78 is 42.5. The molecule has 4 unspecified atom stereocenters. The summed E-state index contributed by atoms with van der Waals surface area (Å²) in [5.41, 5.74) is 4.30. The van der Waals surface area contributed by atoms with Crippen molar-refractivity contribution in [1.29, 1.82) is 0 Å². The molecule has 0 bridgehead atoms. The molecule has 3 heterocycles. The average molecular weight is 803 g/mol. The van der Waals surface area contributed by atoms with Gasteiger partial charge in [-0.25, -0.2) is 0 Å². The summed E-state index contributed by atoms with van der Waals surface area (Å²) >= 11 is 1.35. The van der Waals surface area contributed by atoms with Crippen LogP contribution in [-0.4, -0.2) is 70.5 Å². The van der Waals surface area contributed by atoms with E-state index in [1.165, 1.54) is 11.8 Å². The molecule has 3 fully saturated rings. The molecule has 4 amide bonds. The molecule has 3 saturated heterocycles. The number of carbonyl (C=O) groups excluding carboxylic acids is 4. The van der Waals surface area contributed by atoms with Crippen LogP contribution in [0.25, 0.3) is 5.57 Å². The van der Waals surface area contributed by atoms with Crippen molar-refractivity contribution in [2.75, 3.05) is 17.2 Å². The highest BCUT2D eigenvalue weighted by atomic mass is 32.2. The first kappa shape index (κ1) is 42.0. The van der Waals surface area contributed by atoms with E-state index < -0.39 is 53.3 Å². The fraction of sp³-hybridized carbons (Fsp3) is 0.467. The predicted molar refractivity (Wildman–Crippen MR) is 219 cm³/mol. The van der Waals surface area contributed by atoms with Crippen LogP contribution < -0.4 is 15.5 Å². The third kappa shape index (κ3) is 10.7. The van der Waals surface area contributed by atoms with Gasteiger partial charge in [0.1, 0.15) is 18.1 Å². The molecule has 0 aliphatic carbocycles. The number of para-hydroxylation sites is 1. The van der Waals surface area contributed by atoms with Crippen molar-refractivity contribution < 1.29 is 32.3 Å². The molecule has 12 heteroatoms. The summed E-state index contributed by atoms with van der Waals surface area (Å²) in [5.74, 6) is -2.39. The number of hydrogen-bond donors (Lipinski definition) is 2. The van der Waals surface area contributed by atoms with E-state index >= 15 is 0 Å². The molecule has 3 aromatic rings. The summed E-state index contributed by atoms with van der Waals surface area (Å²) in [5, 5.41) is 5.41. The molecule has 0 aromatic heterocycles. The van der Waals surface area contributed by atoms with Crippen molar-refractivity contribution >= 4 is 46.7 Å². The van der Waals surface area contributed by atoms with Gasteiger partial charge in [-0.05, 0) is 106 Å². The number of nitrogens with zero attached hydrogens (tertiary/aromatic N) is 2. The van der Waals surface area contributed by atoms with Gasteiger partial charge in [0.25, 0.3) is 0 Å². The van der Waals surface area contributed by atoms with Crippen molar-refractivity contribution in [2.45, 2.75) is 107 Å². The molecule has 0 spiro atoms. The summed E-state index contributed by atoms with van der Waals surface area (Å²) in [6, 6.07) is 23.0. The number of allylic oxidation sites excluding steroid dienone is 1.